The van der Waals surface area contributed by atoms with E-state index in [2.05, 4.69) is 10.6 Å². The fourth-order valence-corrected chi connectivity index (χ4v) is 3.08. The fraction of sp³-hybridized carbons (Fsp3) is 0.125. The van der Waals surface area contributed by atoms with Gasteiger partial charge in [0.05, 0.1) is 16.3 Å². The lowest BCUT2D eigenvalue weighted by molar-refractivity contribution is -0.153. The Morgan fingerprint density at radius 2 is 1.53 bits per heavy atom. The zero-order chi connectivity index (χ0) is 24.7. The molecule has 0 unspecified atom stereocenters. The summed E-state index contributed by atoms with van der Waals surface area (Å²) in [5.41, 5.74) is -0.711. The van der Waals surface area contributed by atoms with Crippen LogP contribution in [0.3, 0.4) is 0 Å². The van der Waals surface area contributed by atoms with Gasteiger partial charge in [0.25, 0.3) is 11.8 Å². The molecule has 3 rings (SSSR count). The van der Waals surface area contributed by atoms with Crippen molar-refractivity contribution in [1.29, 1.82) is 0 Å². The van der Waals surface area contributed by atoms with Gasteiger partial charge in [0.1, 0.15) is 6.54 Å². The monoisotopic (exact) mass is 490 g/mol. The van der Waals surface area contributed by atoms with Crippen molar-refractivity contribution < 1.29 is 32.3 Å². The minimum atomic E-state index is -4.65. The molecular formula is C24H18ClF3N2O4. The van der Waals surface area contributed by atoms with Crippen LogP contribution in [0.2, 0.25) is 5.02 Å². The number of anilines is 1. The average molecular weight is 491 g/mol. The summed E-state index contributed by atoms with van der Waals surface area (Å²) in [5.74, 6) is -2.37. The molecule has 2 amide bonds. The third-order valence-electron chi connectivity index (χ3n) is 4.57. The Morgan fingerprint density at radius 1 is 0.912 bits per heavy atom. The van der Waals surface area contributed by atoms with Gasteiger partial charge in [-0.25, -0.2) is 0 Å². The van der Waals surface area contributed by atoms with Gasteiger partial charge in [-0.05, 0) is 30.3 Å². The second-order valence-corrected chi connectivity index (χ2v) is 7.42. The summed E-state index contributed by atoms with van der Waals surface area (Å²) in [4.78, 5) is 37.4. The maximum Gasteiger partial charge on any atom is 0.416 e. The third kappa shape index (κ3) is 6.58. The second-order valence-electron chi connectivity index (χ2n) is 7.01. The van der Waals surface area contributed by atoms with Gasteiger partial charge in [-0.1, -0.05) is 60.1 Å². The maximum atomic E-state index is 13.0. The molecule has 0 radical (unpaired) electrons. The van der Waals surface area contributed by atoms with Crippen LogP contribution in [0, 0.1) is 0 Å². The van der Waals surface area contributed by atoms with Gasteiger partial charge >= 0.3 is 12.1 Å². The van der Waals surface area contributed by atoms with Crippen molar-refractivity contribution in [3.05, 3.63) is 101 Å². The van der Waals surface area contributed by atoms with Crippen molar-refractivity contribution in [2.45, 2.75) is 12.3 Å². The number of carbonyl (C=O) groups excluding carboxylic acids is 3. The van der Waals surface area contributed by atoms with Gasteiger partial charge in [0, 0.05) is 11.1 Å². The van der Waals surface area contributed by atoms with Crippen LogP contribution in [-0.2, 0) is 20.5 Å². The van der Waals surface area contributed by atoms with Crippen molar-refractivity contribution >= 4 is 35.1 Å². The van der Waals surface area contributed by atoms with Gasteiger partial charge in [-0.2, -0.15) is 13.2 Å². The minimum absolute atomic E-state index is 0.130. The molecule has 0 bridgehead atoms. The zero-order valence-corrected chi connectivity index (χ0v) is 18.2. The van der Waals surface area contributed by atoms with E-state index in [0.29, 0.717) is 11.6 Å². The van der Waals surface area contributed by atoms with E-state index in [-0.39, 0.29) is 16.3 Å². The first-order valence-corrected chi connectivity index (χ1v) is 10.3. The van der Waals surface area contributed by atoms with E-state index in [1.54, 1.807) is 48.5 Å². The predicted molar refractivity (Wildman–Crippen MR) is 119 cm³/mol. The Bertz CT molecular complexity index is 1170. The molecule has 0 aromatic heterocycles. The van der Waals surface area contributed by atoms with Crippen LogP contribution in [0.25, 0.3) is 0 Å². The van der Waals surface area contributed by atoms with Crippen LogP contribution in [0.5, 0.6) is 0 Å². The normalized spacial score (nSPS) is 11.9. The molecule has 34 heavy (non-hydrogen) atoms. The Balaban J connectivity index is 1.74. The highest BCUT2D eigenvalue weighted by atomic mass is 35.5. The van der Waals surface area contributed by atoms with Crippen molar-refractivity contribution in [3.8, 4) is 0 Å². The quantitative estimate of drug-likeness (QED) is 0.456. The van der Waals surface area contributed by atoms with Crippen molar-refractivity contribution in [2.75, 3.05) is 11.9 Å². The van der Waals surface area contributed by atoms with Crippen LogP contribution < -0.4 is 10.6 Å². The largest absolute Gasteiger partial charge is 0.446 e. The SMILES string of the molecule is O=C(CNC(=O)c1ccccc1)O[C@H](C(=O)Nc1cc(C(F)(F)F)ccc1Cl)c1ccccc1. The summed E-state index contributed by atoms with van der Waals surface area (Å²) in [6.45, 7) is -0.533. The second kappa shape index (κ2) is 10.8. The van der Waals surface area contributed by atoms with E-state index in [1.807, 2.05) is 0 Å². The molecular weight excluding hydrogens is 473 g/mol. The van der Waals surface area contributed by atoms with Crippen LogP contribution in [0.15, 0.2) is 78.9 Å². The molecule has 0 saturated carbocycles. The van der Waals surface area contributed by atoms with E-state index in [0.717, 1.165) is 12.1 Å². The van der Waals surface area contributed by atoms with Crippen molar-refractivity contribution in [1.82, 2.24) is 5.32 Å². The summed E-state index contributed by atoms with van der Waals surface area (Å²) in [5, 5.41) is 4.54. The van der Waals surface area contributed by atoms with Gasteiger partial charge in [0.15, 0.2) is 0 Å². The molecule has 0 aliphatic heterocycles. The Kier molecular flexibility index (Phi) is 7.91. The third-order valence-corrected chi connectivity index (χ3v) is 4.90. The van der Waals surface area contributed by atoms with Crippen LogP contribution in [0.4, 0.5) is 18.9 Å². The molecule has 0 aliphatic carbocycles. The highest BCUT2D eigenvalue weighted by Gasteiger charge is 2.32. The van der Waals surface area contributed by atoms with Gasteiger partial charge < -0.3 is 15.4 Å². The first-order valence-electron chi connectivity index (χ1n) is 9.90. The summed E-state index contributed by atoms with van der Waals surface area (Å²) in [7, 11) is 0. The molecule has 0 spiro atoms. The highest BCUT2D eigenvalue weighted by Crippen LogP contribution is 2.34. The molecule has 0 aliphatic rings. The first kappa shape index (κ1) is 24.8. The topological polar surface area (TPSA) is 84.5 Å². The number of hydrogen-bond donors (Lipinski definition) is 2. The van der Waals surface area contributed by atoms with E-state index < -0.39 is 42.2 Å². The summed E-state index contributed by atoms with van der Waals surface area (Å²) >= 11 is 5.95. The predicted octanol–water partition coefficient (Wildman–Crippen LogP) is 5.01. The number of benzene rings is 3. The van der Waals surface area contributed by atoms with Gasteiger partial charge in [-0.15, -0.1) is 0 Å². The Morgan fingerprint density at radius 3 is 2.15 bits per heavy atom. The highest BCUT2D eigenvalue weighted by molar-refractivity contribution is 6.33. The smallest absolute Gasteiger partial charge is 0.416 e. The summed E-state index contributed by atoms with van der Waals surface area (Å²) < 4.78 is 44.4. The van der Waals surface area contributed by atoms with E-state index in [4.69, 9.17) is 16.3 Å². The van der Waals surface area contributed by atoms with Crippen LogP contribution >= 0.6 is 11.6 Å². The summed E-state index contributed by atoms with van der Waals surface area (Å²) in [6, 6.07) is 18.5. The minimum Gasteiger partial charge on any atom is -0.446 e. The number of ether oxygens (including phenoxy) is 1. The molecule has 10 heteroatoms. The Labute approximate surface area is 197 Å². The average Bonchev–Trinajstić information content (AvgIpc) is 2.82. The van der Waals surface area contributed by atoms with Crippen molar-refractivity contribution in [3.63, 3.8) is 0 Å². The lowest BCUT2D eigenvalue weighted by Crippen LogP contribution is -2.33. The number of halogens is 4. The molecule has 3 aromatic rings. The van der Waals surface area contributed by atoms with Gasteiger partial charge in [0.2, 0.25) is 6.10 Å². The summed E-state index contributed by atoms with van der Waals surface area (Å²) in [6.07, 6.45) is -6.15. The lowest BCUT2D eigenvalue weighted by atomic mass is 10.1. The van der Waals surface area contributed by atoms with E-state index >= 15 is 0 Å². The van der Waals surface area contributed by atoms with Gasteiger partial charge in [-0.3, -0.25) is 14.4 Å². The number of amides is 2. The molecule has 0 fully saturated rings. The zero-order valence-electron chi connectivity index (χ0n) is 17.4. The number of carbonyl (C=O) groups is 3. The molecule has 6 nitrogen and oxygen atoms in total. The molecule has 3 aromatic carbocycles. The van der Waals surface area contributed by atoms with E-state index in [1.165, 1.54) is 12.1 Å². The molecule has 0 saturated heterocycles. The molecule has 176 valence electrons. The lowest BCUT2D eigenvalue weighted by Gasteiger charge is -2.19. The molecule has 1 atom stereocenters. The van der Waals surface area contributed by atoms with E-state index in [9.17, 15) is 27.6 Å². The molecule has 0 heterocycles. The number of rotatable bonds is 7. The number of alkyl halides is 3. The number of esters is 1. The maximum absolute atomic E-state index is 13.0. The first-order chi connectivity index (χ1) is 16.1. The van der Waals surface area contributed by atoms with Crippen LogP contribution in [0.1, 0.15) is 27.6 Å². The number of nitrogens with one attached hydrogen (secondary N) is 2. The fourth-order valence-electron chi connectivity index (χ4n) is 2.91. The van der Waals surface area contributed by atoms with Crippen molar-refractivity contribution in [2.24, 2.45) is 0 Å². The number of hydrogen-bond acceptors (Lipinski definition) is 4. The van der Waals surface area contributed by atoms with Crippen LogP contribution in [-0.4, -0.2) is 24.3 Å². The Hall–Kier alpha value is -3.85. The molecule has 2 N–H and O–H groups in total. The standard InChI is InChI=1S/C24H18ClF3N2O4/c25-18-12-11-17(24(26,27)28)13-19(18)30-23(33)21(15-7-3-1-4-8-15)34-20(31)14-29-22(32)16-9-5-2-6-10-16/h1-13,21H,14H2,(H,29,32)(H,30,33)/t21-/m0/s1.